The fourth-order valence-corrected chi connectivity index (χ4v) is 8.14. The number of fused-ring (bicyclic) bond motifs is 2. The summed E-state index contributed by atoms with van der Waals surface area (Å²) in [6, 6.07) is 6.36. The van der Waals surface area contributed by atoms with Crippen LogP contribution in [-0.2, 0) is 27.1 Å². The number of pyridine rings is 1. The minimum Gasteiger partial charge on any atom is -0.347 e. The number of aryl methyl sites for hydroxylation is 2. The predicted octanol–water partition coefficient (Wildman–Crippen LogP) is 5.57. The topological polar surface area (TPSA) is 54.9 Å². The van der Waals surface area contributed by atoms with E-state index in [4.69, 9.17) is 26.1 Å². The standard InChI is InChI=1S/C28H32Br2ClN3O3/c29-21-13-20-2-1-19-14-22(31)15-23(30)25(19)26(27(20)32-16-21)18-3-7-34(8-4-18)24(35)17-33-9-5-28(6-10-33)36-11-12-37-28/h13-16,18,26H,1-12,17H2. The number of piperidine rings is 2. The van der Waals surface area contributed by atoms with Crippen LogP contribution in [0.4, 0.5) is 0 Å². The van der Waals surface area contributed by atoms with Gasteiger partial charge in [-0.15, -0.1) is 0 Å². The summed E-state index contributed by atoms with van der Waals surface area (Å²) in [7, 11) is 0. The lowest BCUT2D eigenvalue weighted by Crippen LogP contribution is -2.50. The van der Waals surface area contributed by atoms with Crippen molar-refractivity contribution in [3.8, 4) is 0 Å². The van der Waals surface area contributed by atoms with Gasteiger partial charge in [-0.25, -0.2) is 0 Å². The van der Waals surface area contributed by atoms with Crippen molar-refractivity contribution in [2.24, 2.45) is 5.92 Å². The van der Waals surface area contributed by atoms with Crippen molar-refractivity contribution in [3.05, 3.63) is 60.7 Å². The van der Waals surface area contributed by atoms with Crippen LogP contribution in [0.5, 0.6) is 0 Å². The number of aromatic nitrogens is 1. The van der Waals surface area contributed by atoms with Crippen molar-refractivity contribution in [2.45, 2.75) is 50.2 Å². The number of rotatable bonds is 3. The van der Waals surface area contributed by atoms with Crippen molar-refractivity contribution >= 4 is 49.4 Å². The van der Waals surface area contributed by atoms with E-state index in [0.717, 1.165) is 78.7 Å². The zero-order valence-electron chi connectivity index (χ0n) is 20.9. The second-order valence-corrected chi connectivity index (χ2v) is 12.9. The van der Waals surface area contributed by atoms with E-state index >= 15 is 0 Å². The number of amides is 1. The number of hydrogen-bond acceptors (Lipinski definition) is 5. The number of benzene rings is 1. The minimum atomic E-state index is -0.398. The van der Waals surface area contributed by atoms with Gasteiger partial charge < -0.3 is 14.4 Å². The Balaban J connectivity index is 1.15. The molecule has 0 radical (unpaired) electrons. The molecule has 4 heterocycles. The van der Waals surface area contributed by atoms with Crippen LogP contribution < -0.4 is 0 Å². The largest absolute Gasteiger partial charge is 0.347 e. The molecule has 1 aromatic heterocycles. The van der Waals surface area contributed by atoms with E-state index in [1.165, 1.54) is 22.4 Å². The Morgan fingerprint density at radius 3 is 2.46 bits per heavy atom. The molecule has 1 aromatic carbocycles. The summed E-state index contributed by atoms with van der Waals surface area (Å²) in [5.74, 6) is 0.441. The monoisotopic (exact) mass is 651 g/mol. The molecule has 3 saturated heterocycles. The van der Waals surface area contributed by atoms with Crippen LogP contribution in [0.15, 0.2) is 33.3 Å². The van der Waals surface area contributed by atoms with Gasteiger partial charge >= 0.3 is 0 Å². The molecule has 3 fully saturated rings. The summed E-state index contributed by atoms with van der Waals surface area (Å²) in [5, 5.41) is 0.763. The molecule has 4 aliphatic rings. The maximum absolute atomic E-state index is 13.2. The third kappa shape index (κ3) is 5.39. The first-order chi connectivity index (χ1) is 17.9. The third-order valence-corrected chi connectivity index (χ3v) is 9.88. The smallest absolute Gasteiger partial charge is 0.236 e. The predicted molar refractivity (Wildman–Crippen MR) is 150 cm³/mol. The molecule has 0 saturated carbocycles. The van der Waals surface area contributed by atoms with Crippen LogP contribution in [-0.4, -0.2) is 72.4 Å². The fourth-order valence-electron chi connectivity index (χ4n) is 6.64. The van der Waals surface area contributed by atoms with Crippen molar-refractivity contribution < 1.29 is 14.3 Å². The molecule has 6 nitrogen and oxygen atoms in total. The maximum Gasteiger partial charge on any atom is 0.236 e. The summed E-state index contributed by atoms with van der Waals surface area (Å²) >= 11 is 13.9. The highest BCUT2D eigenvalue weighted by Gasteiger charge is 2.41. The first-order valence-corrected chi connectivity index (χ1v) is 15.3. The van der Waals surface area contributed by atoms with Gasteiger partial charge in [0.15, 0.2) is 5.79 Å². The van der Waals surface area contributed by atoms with Gasteiger partial charge in [-0.05, 0) is 82.4 Å². The molecule has 3 aliphatic heterocycles. The molecule has 1 unspecified atom stereocenters. The molecule has 37 heavy (non-hydrogen) atoms. The van der Waals surface area contributed by atoms with Gasteiger partial charge in [-0.2, -0.15) is 0 Å². The average Bonchev–Trinajstić information content (AvgIpc) is 3.28. The van der Waals surface area contributed by atoms with Gasteiger partial charge in [0.05, 0.1) is 25.5 Å². The number of halogens is 3. The molecule has 1 amide bonds. The molecule has 0 N–H and O–H groups in total. The summed E-state index contributed by atoms with van der Waals surface area (Å²) in [6.45, 7) is 5.11. The van der Waals surface area contributed by atoms with Gasteiger partial charge in [-0.1, -0.05) is 27.5 Å². The SMILES string of the molecule is O=C(CN1CCC2(CC1)OCCO2)N1CCC(C2c3ncc(Br)cc3CCc3cc(Cl)cc(Br)c32)CC1. The highest BCUT2D eigenvalue weighted by molar-refractivity contribution is 9.10. The molecule has 9 heteroatoms. The van der Waals surface area contributed by atoms with E-state index in [1.807, 2.05) is 12.3 Å². The number of ether oxygens (including phenoxy) is 2. The Hall–Kier alpha value is -1.03. The quantitative estimate of drug-likeness (QED) is 0.434. The van der Waals surface area contributed by atoms with Gasteiger partial charge in [0.25, 0.3) is 0 Å². The van der Waals surface area contributed by atoms with E-state index in [-0.39, 0.29) is 11.8 Å². The average molecular weight is 654 g/mol. The van der Waals surface area contributed by atoms with Crippen molar-refractivity contribution in [2.75, 3.05) is 45.9 Å². The lowest BCUT2D eigenvalue weighted by atomic mass is 9.76. The second kappa shape index (κ2) is 10.9. The van der Waals surface area contributed by atoms with Crippen LogP contribution in [0.25, 0.3) is 0 Å². The molecule has 6 rings (SSSR count). The molecule has 1 aliphatic carbocycles. The zero-order valence-corrected chi connectivity index (χ0v) is 24.8. The van der Waals surface area contributed by atoms with E-state index in [9.17, 15) is 4.79 Å². The number of likely N-dealkylation sites (tertiary alicyclic amines) is 2. The van der Waals surface area contributed by atoms with Crippen LogP contribution in [0.1, 0.15) is 54.0 Å². The Bertz CT molecular complexity index is 1170. The Labute approximate surface area is 240 Å². The van der Waals surface area contributed by atoms with Gasteiger partial charge in [0, 0.05) is 65.1 Å². The van der Waals surface area contributed by atoms with Gasteiger partial charge in [0.2, 0.25) is 5.91 Å². The summed E-state index contributed by atoms with van der Waals surface area (Å²) in [5.41, 5.74) is 5.10. The van der Waals surface area contributed by atoms with Crippen molar-refractivity contribution in [1.29, 1.82) is 0 Å². The Morgan fingerprint density at radius 2 is 1.73 bits per heavy atom. The maximum atomic E-state index is 13.2. The van der Waals surface area contributed by atoms with Gasteiger partial charge in [0.1, 0.15) is 0 Å². The Morgan fingerprint density at radius 1 is 1.03 bits per heavy atom. The number of carbonyl (C=O) groups is 1. The van der Waals surface area contributed by atoms with Crippen LogP contribution >= 0.6 is 43.5 Å². The molecular formula is C28H32Br2ClN3O3. The first kappa shape index (κ1) is 26.2. The van der Waals surface area contributed by atoms with E-state index < -0.39 is 5.79 Å². The number of nitrogens with zero attached hydrogens (tertiary/aromatic N) is 3. The lowest BCUT2D eigenvalue weighted by molar-refractivity contribution is -0.186. The van der Waals surface area contributed by atoms with Crippen LogP contribution in [0.3, 0.4) is 0 Å². The number of carbonyl (C=O) groups excluding carboxylic acids is 1. The highest BCUT2D eigenvalue weighted by Crippen LogP contribution is 2.46. The van der Waals surface area contributed by atoms with Crippen molar-refractivity contribution in [3.63, 3.8) is 0 Å². The molecular weight excluding hydrogens is 622 g/mol. The van der Waals surface area contributed by atoms with Crippen LogP contribution in [0, 0.1) is 5.92 Å². The first-order valence-electron chi connectivity index (χ1n) is 13.3. The van der Waals surface area contributed by atoms with Crippen molar-refractivity contribution in [1.82, 2.24) is 14.8 Å². The van der Waals surface area contributed by atoms with E-state index in [1.54, 1.807) is 0 Å². The lowest BCUT2D eigenvalue weighted by Gasteiger charge is -2.40. The molecule has 1 spiro atoms. The molecule has 1 atom stereocenters. The molecule has 2 aromatic rings. The summed E-state index contributed by atoms with van der Waals surface area (Å²) in [6.07, 6.45) is 7.42. The van der Waals surface area contributed by atoms with E-state index in [0.29, 0.717) is 25.7 Å². The van der Waals surface area contributed by atoms with E-state index in [2.05, 4.69) is 53.8 Å². The third-order valence-electron chi connectivity index (χ3n) is 8.57. The number of hydrogen-bond donors (Lipinski definition) is 0. The van der Waals surface area contributed by atoms with Gasteiger partial charge in [-0.3, -0.25) is 14.7 Å². The summed E-state index contributed by atoms with van der Waals surface area (Å²) in [4.78, 5) is 22.5. The zero-order chi connectivity index (χ0) is 25.6. The normalized spacial score (nSPS) is 24.1. The summed E-state index contributed by atoms with van der Waals surface area (Å²) < 4.78 is 13.8. The molecule has 198 valence electrons. The minimum absolute atomic E-state index is 0.189. The Kier molecular flexibility index (Phi) is 7.69. The second-order valence-electron chi connectivity index (χ2n) is 10.7. The molecule has 0 bridgehead atoms. The fraction of sp³-hybridized carbons (Fsp3) is 0.571. The van der Waals surface area contributed by atoms with Crippen LogP contribution in [0.2, 0.25) is 5.02 Å². The highest BCUT2D eigenvalue weighted by atomic mass is 79.9.